The van der Waals surface area contributed by atoms with Crippen LogP contribution in [-0.2, 0) is 9.59 Å². The van der Waals surface area contributed by atoms with Crippen molar-refractivity contribution in [2.24, 2.45) is 28.1 Å². The van der Waals surface area contributed by atoms with Gasteiger partial charge in [0, 0.05) is 5.57 Å². The van der Waals surface area contributed by atoms with E-state index < -0.39 is 11.4 Å². The average Bonchev–Trinajstić information content (AvgIpc) is 2.79. The molecule has 2 saturated carbocycles. The standard InChI is InChI=1S/C15H20O3/c1-13(2)5-9-4-10(7-16)15(12(17)18)8-14(15,3)11(9)6-13/h4,7,9,11H,5-6,8H2,1-3H3,(H,17,18). The van der Waals surface area contributed by atoms with Crippen molar-refractivity contribution < 1.29 is 14.7 Å². The highest BCUT2D eigenvalue weighted by molar-refractivity contribution is 5.94. The molecule has 0 bridgehead atoms. The Kier molecular flexibility index (Phi) is 2.03. The van der Waals surface area contributed by atoms with Crippen molar-refractivity contribution in [3.8, 4) is 0 Å². The molecule has 3 nitrogen and oxygen atoms in total. The molecule has 0 saturated heterocycles. The second-order valence-corrected chi connectivity index (χ2v) is 7.39. The lowest BCUT2D eigenvalue weighted by atomic mass is 9.69. The first-order valence-electron chi connectivity index (χ1n) is 6.68. The van der Waals surface area contributed by atoms with Crippen molar-refractivity contribution in [2.75, 3.05) is 0 Å². The minimum atomic E-state index is -0.879. The molecule has 4 atom stereocenters. The molecule has 3 aliphatic rings. The van der Waals surface area contributed by atoms with Gasteiger partial charge in [-0.15, -0.1) is 0 Å². The summed E-state index contributed by atoms with van der Waals surface area (Å²) in [5.41, 5.74) is -0.296. The molecule has 3 aliphatic carbocycles. The van der Waals surface area contributed by atoms with Crippen LogP contribution >= 0.6 is 0 Å². The van der Waals surface area contributed by atoms with E-state index in [-0.39, 0.29) is 10.8 Å². The summed E-state index contributed by atoms with van der Waals surface area (Å²) in [6, 6.07) is 0. The SMILES string of the molecule is CC1(C)CC2C=C(C=O)C3(C(=O)O)CC3(C)C2C1. The molecule has 0 spiro atoms. The van der Waals surface area contributed by atoms with E-state index in [0.717, 1.165) is 19.1 Å². The second-order valence-electron chi connectivity index (χ2n) is 7.39. The molecule has 3 rings (SSSR count). The van der Waals surface area contributed by atoms with Crippen LogP contribution in [-0.4, -0.2) is 17.4 Å². The molecule has 3 heteroatoms. The van der Waals surface area contributed by atoms with Gasteiger partial charge in [0.25, 0.3) is 0 Å². The smallest absolute Gasteiger partial charge is 0.314 e. The van der Waals surface area contributed by atoms with Gasteiger partial charge in [-0.3, -0.25) is 9.59 Å². The average molecular weight is 248 g/mol. The van der Waals surface area contributed by atoms with E-state index in [1.165, 1.54) is 0 Å². The molecule has 0 aromatic heterocycles. The summed E-state index contributed by atoms with van der Waals surface area (Å²) in [4.78, 5) is 22.9. The maximum atomic E-state index is 11.6. The molecule has 0 aromatic rings. The van der Waals surface area contributed by atoms with Crippen molar-refractivity contribution in [3.05, 3.63) is 11.6 Å². The zero-order chi connectivity index (χ0) is 13.3. The van der Waals surface area contributed by atoms with Gasteiger partial charge in [0.05, 0.1) is 0 Å². The Balaban J connectivity index is 2.09. The summed E-state index contributed by atoms with van der Waals surface area (Å²) in [5.74, 6) is -0.000943. The first kappa shape index (κ1) is 11.9. The van der Waals surface area contributed by atoms with Gasteiger partial charge in [0.2, 0.25) is 0 Å². The molecule has 0 aromatic carbocycles. The number of aldehydes is 1. The summed E-state index contributed by atoms with van der Waals surface area (Å²) in [5, 5.41) is 9.56. The molecule has 18 heavy (non-hydrogen) atoms. The van der Waals surface area contributed by atoms with Gasteiger partial charge in [0.15, 0.2) is 0 Å². The molecule has 0 amide bonds. The first-order valence-corrected chi connectivity index (χ1v) is 6.68. The maximum absolute atomic E-state index is 11.6. The fraction of sp³-hybridized carbons (Fsp3) is 0.733. The van der Waals surface area contributed by atoms with Crippen LogP contribution < -0.4 is 0 Å². The van der Waals surface area contributed by atoms with Crippen molar-refractivity contribution in [3.63, 3.8) is 0 Å². The Morgan fingerprint density at radius 2 is 2.06 bits per heavy atom. The lowest BCUT2D eigenvalue weighted by Gasteiger charge is -2.33. The van der Waals surface area contributed by atoms with Crippen LogP contribution in [0.5, 0.6) is 0 Å². The second kappa shape index (κ2) is 3.06. The molecule has 0 aliphatic heterocycles. The van der Waals surface area contributed by atoms with Crippen LogP contribution in [0.15, 0.2) is 11.6 Å². The van der Waals surface area contributed by atoms with Gasteiger partial charge < -0.3 is 5.11 Å². The monoisotopic (exact) mass is 248 g/mol. The quantitative estimate of drug-likeness (QED) is 0.764. The van der Waals surface area contributed by atoms with E-state index >= 15 is 0 Å². The third kappa shape index (κ3) is 1.15. The van der Waals surface area contributed by atoms with E-state index in [1.54, 1.807) is 0 Å². The number of fused-ring (bicyclic) bond motifs is 3. The zero-order valence-electron chi connectivity index (χ0n) is 11.2. The number of rotatable bonds is 2. The van der Waals surface area contributed by atoms with Crippen LogP contribution in [0.1, 0.15) is 40.0 Å². The lowest BCUT2D eigenvalue weighted by molar-refractivity contribution is -0.144. The Labute approximate surface area is 107 Å². The van der Waals surface area contributed by atoms with Crippen LogP contribution in [0.2, 0.25) is 0 Å². The molecular formula is C15H20O3. The van der Waals surface area contributed by atoms with Crippen molar-refractivity contribution in [2.45, 2.75) is 40.0 Å². The van der Waals surface area contributed by atoms with E-state index in [0.29, 0.717) is 23.8 Å². The fourth-order valence-corrected chi connectivity index (χ4v) is 4.83. The van der Waals surface area contributed by atoms with Gasteiger partial charge in [0.1, 0.15) is 11.7 Å². The van der Waals surface area contributed by atoms with E-state index in [2.05, 4.69) is 20.8 Å². The highest BCUT2D eigenvalue weighted by atomic mass is 16.4. The van der Waals surface area contributed by atoms with Gasteiger partial charge in [-0.1, -0.05) is 26.8 Å². The zero-order valence-corrected chi connectivity index (χ0v) is 11.2. The van der Waals surface area contributed by atoms with Crippen molar-refractivity contribution >= 4 is 12.3 Å². The Morgan fingerprint density at radius 1 is 1.39 bits per heavy atom. The summed E-state index contributed by atoms with van der Waals surface area (Å²) >= 11 is 0. The lowest BCUT2D eigenvalue weighted by Crippen LogP contribution is -2.35. The number of carboxylic acids is 1. The third-order valence-electron chi connectivity index (χ3n) is 5.76. The van der Waals surface area contributed by atoms with Gasteiger partial charge >= 0.3 is 5.97 Å². The number of carbonyl (C=O) groups excluding carboxylic acids is 1. The molecular weight excluding hydrogens is 228 g/mol. The Hall–Kier alpha value is -1.12. The molecule has 2 fully saturated rings. The number of hydrogen-bond acceptors (Lipinski definition) is 2. The summed E-state index contributed by atoms with van der Waals surface area (Å²) < 4.78 is 0. The molecule has 0 radical (unpaired) electrons. The summed E-state index contributed by atoms with van der Waals surface area (Å²) in [6.07, 6.45) is 5.53. The van der Waals surface area contributed by atoms with Crippen LogP contribution in [0.3, 0.4) is 0 Å². The summed E-state index contributed by atoms with van der Waals surface area (Å²) in [7, 11) is 0. The Morgan fingerprint density at radius 3 is 2.61 bits per heavy atom. The minimum Gasteiger partial charge on any atom is -0.481 e. The highest BCUT2D eigenvalue weighted by Crippen LogP contribution is 2.77. The maximum Gasteiger partial charge on any atom is 0.314 e. The van der Waals surface area contributed by atoms with Crippen LogP contribution in [0.4, 0.5) is 0 Å². The molecule has 0 heterocycles. The normalized spacial score (nSPS) is 47.8. The van der Waals surface area contributed by atoms with Crippen LogP contribution in [0.25, 0.3) is 0 Å². The number of hydrogen-bond donors (Lipinski definition) is 1. The van der Waals surface area contributed by atoms with Gasteiger partial charge in [-0.25, -0.2) is 0 Å². The van der Waals surface area contributed by atoms with Gasteiger partial charge in [-0.2, -0.15) is 0 Å². The fourth-order valence-electron chi connectivity index (χ4n) is 4.83. The highest BCUT2D eigenvalue weighted by Gasteiger charge is 2.77. The predicted octanol–water partition coefficient (Wildman–Crippen LogP) is 2.66. The number of allylic oxidation sites excluding steroid dienone is 1. The van der Waals surface area contributed by atoms with Crippen LogP contribution in [0, 0.1) is 28.1 Å². The molecule has 98 valence electrons. The molecule has 1 N–H and O–H groups in total. The number of carbonyl (C=O) groups is 2. The largest absolute Gasteiger partial charge is 0.481 e. The first-order chi connectivity index (χ1) is 8.27. The topological polar surface area (TPSA) is 54.4 Å². The predicted molar refractivity (Wildman–Crippen MR) is 66.9 cm³/mol. The third-order valence-corrected chi connectivity index (χ3v) is 5.76. The van der Waals surface area contributed by atoms with E-state index in [4.69, 9.17) is 0 Å². The molecule has 4 unspecified atom stereocenters. The minimum absolute atomic E-state index is 0.206. The van der Waals surface area contributed by atoms with E-state index in [9.17, 15) is 14.7 Å². The van der Waals surface area contributed by atoms with E-state index in [1.807, 2.05) is 6.08 Å². The number of aliphatic carboxylic acids is 1. The van der Waals surface area contributed by atoms with Crippen molar-refractivity contribution in [1.29, 1.82) is 0 Å². The Bertz CT molecular complexity index is 476. The number of carboxylic acid groups (broad SMARTS) is 1. The summed E-state index contributed by atoms with van der Waals surface area (Å²) in [6.45, 7) is 6.55. The van der Waals surface area contributed by atoms with Gasteiger partial charge in [-0.05, 0) is 41.9 Å². The van der Waals surface area contributed by atoms with Crippen molar-refractivity contribution in [1.82, 2.24) is 0 Å².